The molecule has 0 radical (unpaired) electrons. The lowest BCUT2D eigenvalue weighted by molar-refractivity contribution is -0.384. The van der Waals surface area contributed by atoms with E-state index in [1.54, 1.807) is 25.1 Å². The first-order valence-corrected chi connectivity index (χ1v) is 6.09. The number of aromatic amines is 1. The van der Waals surface area contributed by atoms with E-state index in [0.29, 0.717) is 14.8 Å². The highest BCUT2D eigenvalue weighted by molar-refractivity contribution is 14.1. The Morgan fingerprint density at radius 1 is 1.39 bits per heavy atom. The highest BCUT2D eigenvalue weighted by atomic mass is 127. The van der Waals surface area contributed by atoms with Crippen LogP contribution in [0.2, 0.25) is 0 Å². The quantitative estimate of drug-likeness (QED) is 0.507. The summed E-state index contributed by atoms with van der Waals surface area (Å²) in [6, 6.07) is 6.17. The maximum Gasteiger partial charge on any atom is 0.280 e. The van der Waals surface area contributed by atoms with Gasteiger partial charge in [0.25, 0.3) is 11.2 Å². The van der Waals surface area contributed by atoms with Crippen molar-refractivity contribution in [1.82, 2.24) is 9.97 Å². The van der Waals surface area contributed by atoms with Gasteiger partial charge in [-0.2, -0.15) is 0 Å². The largest absolute Gasteiger partial charge is 0.305 e. The van der Waals surface area contributed by atoms with Crippen LogP contribution >= 0.6 is 22.6 Å². The van der Waals surface area contributed by atoms with Gasteiger partial charge in [0.2, 0.25) is 0 Å². The Labute approximate surface area is 115 Å². The molecule has 1 aromatic heterocycles. The van der Waals surface area contributed by atoms with Crippen molar-refractivity contribution in [2.75, 3.05) is 0 Å². The summed E-state index contributed by atoms with van der Waals surface area (Å²) in [7, 11) is 0. The van der Waals surface area contributed by atoms with Crippen molar-refractivity contribution in [1.29, 1.82) is 0 Å². The van der Waals surface area contributed by atoms with Gasteiger partial charge >= 0.3 is 0 Å². The summed E-state index contributed by atoms with van der Waals surface area (Å²) >= 11 is 1.89. The molecule has 0 aliphatic heterocycles. The Morgan fingerprint density at radius 3 is 2.67 bits per heavy atom. The van der Waals surface area contributed by atoms with Gasteiger partial charge in [-0.05, 0) is 35.6 Å². The van der Waals surface area contributed by atoms with Gasteiger partial charge in [0.05, 0.1) is 19.8 Å². The molecule has 18 heavy (non-hydrogen) atoms. The van der Waals surface area contributed by atoms with E-state index in [4.69, 9.17) is 0 Å². The number of aromatic nitrogens is 2. The number of nitro benzene ring substituents is 1. The molecule has 6 nitrogen and oxygen atoms in total. The summed E-state index contributed by atoms with van der Waals surface area (Å²) in [5.41, 5.74) is 0.476. The smallest absolute Gasteiger partial charge is 0.280 e. The van der Waals surface area contributed by atoms with Crippen molar-refractivity contribution in [3.05, 3.63) is 54.0 Å². The van der Waals surface area contributed by atoms with Crippen LogP contribution in [0.25, 0.3) is 11.4 Å². The van der Waals surface area contributed by atoms with Crippen molar-refractivity contribution >= 4 is 28.3 Å². The Hall–Kier alpha value is -1.77. The molecule has 0 unspecified atom stereocenters. The third-order valence-electron chi connectivity index (χ3n) is 2.38. The fourth-order valence-electron chi connectivity index (χ4n) is 1.53. The zero-order valence-electron chi connectivity index (χ0n) is 9.31. The van der Waals surface area contributed by atoms with Crippen LogP contribution in [0.1, 0.15) is 5.69 Å². The Bertz CT molecular complexity index is 681. The predicted molar refractivity (Wildman–Crippen MR) is 74.4 cm³/mol. The van der Waals surface area contributed by atoms with Crippen LogP contribution in [0.3, 0.4) is 0 Å². The lowest BCUT2D eigenvalue weighted by atomic mass is 10.1. The number of hydrogen-bond acceptors (Lipinski definition) is 4. The summed E-state index contributed by atoms with van der Waals surface area (Å²) in [5.74, 6) is 0.213. The Balaban J connectivity index is 2.70. The van der Waals surface area contributed by atoms with Gasteiger partial charge in [0.15, 0.2) is 0 Å². The molecule has 0 saturated heterocycles. The number of aryl methyl sites for hydroxylation is 1. The van der Waals surface area contributed by atoms with E-state index < -0.39 is 4.92 Å². The third-order valence-corrected chi connectivity index (χ3v) is 3.65. The van der Waals surface area contributed by atoms with E-state index in [0.717, 1.165) is 0 Å². The summed E-state index contributed by atoms with van der Waals surface area (Å²) in [5, 5.41) is 10.9. The van der Waals surface area contributed by atoms with E-state index in [-0.39, 0.29) is 17.1 Å². The molecule has 1 heterocycles. The summed E-state index contributed by atoms with van der Waals surface area (Å²) in [6.07, 6.45) is 0. The van der Waals surface area contributed by atoms with Crippen molar-refractivity contribution in [3.8, 4) is 11.4 Å². The van der Waals surface area contributed by atoms with Gasteiger partial charge in [-0.15, -0.1) is 0 Å². The topological polar surface area (TPSA) is 88.9 Å². The third kappa shape index (κ3) is 2.26. The maximum atomic E-state index is 11.6. The lowest BCUT2D eigenvalue weighted by Gasteiger charge is -2.04. The molecular formula is C11H8IN3O3. The van der Waals surface area contributed by atoms with Crippen LogP contribution < -0.4 is 5.56 Å². The minimum Gasteiger partial charge on any atom is -0.305 e. The monoisotopic (exact) mass is 357 g/mol. The van der Waals surface area contributed by atoms with Crippen LogP contribution in [-0.4, -0.2) is 14.9 Å². The Kier molecular flexibility index (Phi) is 3.41. The minimum absolute atomic E-state index is 0.0822. The van der Waals surface area contributed by atoms with Gasteiger partial charge < -0.3 is 4.98 Å². The molecule has 0 amide bonds. The van der Waals surface area contributed by atoms with Crippen molar-refractivity contribution < 1.29 is 4.92 Å². The van der Waals surface area contributed by atoms with E-state index in [2.05, 4.69) is 9.97 Å². The second kappa shape index (κ2) is 4.84. The number of nitrogens with zero attached hydrogens (tertiary/aromatic N) is 2. The van der Waals surface area contributed by atoms with E-state index in [1.165, 1.54) is 6.07 Å². The number of para-hydroxylation sites is 1. The summed E-state index contributed by atoms with van der Waals surface area (Å²) < 4.78 is 0.481. The molecule has 92 valence electrons. The molecule has 0 atom stereocenters. The van der Waals surface area contributed by atoms with Crippen molar-refractivity contribution in [3.63, 3.8) is 0 Å². The molecule has 0 aliphatic rings. The van der Waals surface area contributed by atoms with Crippen molar-refractivity contribution in [2.24, 2.45) is 0 Å². The SMILES string of the molecule is Cc1nc(-c2ccccc2[N+](=O)[O-])[nH]c(=O)c1I. The number of halogens is 1. The van der Waals surface area contributed by atoms with Crippen molar-refractivity contribution in [2.45, 2.75) is 6.92 Å². The molecule has 0 aliphatic carbocycles. The van der Waals surface area contributed by atoms with Gasteiger partial charge in [-0.3, -0.25) is 14.9 Å². The number of hydrogen-bond donors (Lipinski definition) is 1. The number of rotatable bonds is 2. The first-order valence-electron chi connectivity index (χ1n) is 5.01. The number of nitro groups is 1. The predicted octanol–water partition coefficient (Wildman–Crippen LogP) is 2.26. The summed E-state index contributed by atoms with van der Waals surface area (Å²) in [4.78, 5) is 28.8. The second-order valence-corrected chi connectivity index (χ2v) is 4.67. The molecule has 1 aromatic carbocycles. The second-order valence-electron chi connectivity index (χ2n) is 3.59. The van der Waals surface area contributed by atoms with E-state index in [1.807, 2.05) is 22.6 Å². The fraction of sp³-hybridized carbons (Fsp3) is 0.0909. The van der Waals surface area contributed by atoms with Crippen LogP contribution in [-0.2, 0) is 0 Å². The van der Waals surface area contributed by atoms with E-state index in [9.17, 15) is 14.9 Å². The molecule has 0 spiro atoms. The molecule has 1 N–H and O–H groups in total. The van der Waals surface area contributed by atoms with Gasteiger partial charge in [-0.1, -0.05) is 12.1 Å². The zero-order valence-corrected chi connectivity index (χ0v) is 11.5. The van der Waals surface area contributed by atoms with Crippen LogP contribution in [0, 0.1) is 20.6 Å². The number of benzene rings is 1. The first-order chi connectivity index (χ1) is 8.50. The normalized spacial score (nSPS) is 10.3. The Morgan fingerprint density at radius 2 is 2.06 bits per heavy atom. The van der Waals surface area contributed by atoms with Gasteiger partial charge in [0.1, 0.15) is 5.82 Å². The number of nitrogens with one attached hydrogen (secondary N) is 1. The highest BCUT2D eigenvalue weighted by Crippen LogP contribution is 2.26. The van der Waals surface area contributed by atoms with Gasteiger partial charge in [-0.25, -0.2) is 4.98 Å². The van der Waals surface area contributed by atoms with Gasteiger partial charge in [0, 0.05) is 6.07 Å². The molecule has 7 heteroatoms. The van der Waals surface area contributed by atoms with E-state index >= 15 is 0 Å². The van der Waals surface area contributed by atoms with Crippen LogP contribution in [0.15, 0.2) is 29.1 Å². The highest BCUT2D eigenvalue weighted by Gasteiger charge is 2.17. The average molecular weight is 357 g/mol. The average Bonchev–Trinajstić information content (AvgIpc) is 2.35. The fourth-order valence-corrected chi connectivity index (χ4v) is 1.79. The molecule has 0 bridgehead atoms. The zero-order chi connectivity index (χ0) is 13.3. The number of H-pyrrole nitrogens is 1. The molecule has 2 aromatic rings. The van der Waals surface area contributed by atoms with Crippen LogP contribution in [0.5, 0.6) is 0 Å². The molecular weight excluding hydrogens is 349 g/mol. The first kappa shape index (κ1) is 12.7. The summed E-state index contributed by atoms with van der Waals surface area (Å²) in [6.45, 7) is 1.69. The standard InChI is InChI=1S/C11H8IN3O3/c1-6-9(12)11(16)14-10(13-6)7-4-2-3-5-8(7)15(17)18/h2-5H,1H3,(H,13,14,16). The molecule has 0 saturated carbocycles. The van der Waals surface area contributed by atoms with Crippen LogP contribution in [0.4, 0.5) is 5.69 Å². The maximum absolute atomic E-state index is 11.6. The lowest BCUT2D eigenvalue weighted by Crippen LogP contribution is -2.14. The molecule has 2 rings (SSSR count). The molecule has 0 fully saturated rings. The minimum atomic E-state index is -0.497.